The van der Waals surface area contributed by atoms with E-state index >= 15 is 0 Å². The number of ketones is 1. The number of rotatable bonds is 12. The largest absolute Gasteiger partial charge is 0.464 e. The molecule has 0 saturated carbocycles. The first-order chi connectivity index (χ1) is 15.3. The van der Waals surface area contributed by atoms with Crippen molar-refractivity contribution in [1.29, 1.82) is 0 Å². The Bertz CT molecular complexity index is 829. The Morgan fingerprint density at radius 2 is 1.50 bits per heavy atom. The molecule has 0 saturated heterocycles. The summed E-state index contributed by atoms with van der Waals surface area (Å²) in [6.07, 6.45) is 4.81. The first kappa shape index (κ1) is 26.9. The van der Waals surface area contributed by atoms with E-state index in [2.05, 4.69) is 24.1 Å². The molecule has 7 heteroatoms. The molecule has 32 heavy (non-hydrogen) atoms. The van der Waals surface area contributed by atoms with Gasteiger partial charge in [-0.2, -0.15) is 0 Å². The number of carbonyl (C=O) groups is 4. The zero-order valence-electron chi connectivity index (χ0n) is 19.4. The Balaban J connectivity index is 3.04. The highest BCUT2D eigenvalue weighted by molar-refractivity contribution is 6.13. The average Bonchev–Trinajstić information content (AvgIpc) is 2.76. The van der Waals surface area contributed by atoms with Gasteiger partial charge in [0.05, 0.1) is 19.6 Å². The molecule has 0 unspecified atom stereocenters. The molecule has 0 bridgehead atoms. The SMILES string of the molecule is CCCCCCC#Cc1ccc(C(=O)CC(NC(C)=O)(C(=O)OCC)C(=O)OCC)cc1. The minimum atomic E-state index is -2.24. The van der Waals surface area contributed by atoms with Gasteiger partial charge in [-0.15, -0.1) is 0 Å². The van der Waals surface area contributed by atoms with Crippen LogP contribution in [0.15, 0.2) is 24.3 Å². The predicted octanol–water partition coefficient (Wildman–Crippen LogP) is 3.58. The molecule has 0 aliphatic rings. The van der Waals surface area contributed by atoms with Gasteiger partial charge in [-0.25, -0.2) is 9.59 Å². The fourth-order valence-electron chi connectivity index (χ4n) is 3.07. The molecule has 0 heterocycles. The number of Topliss-reactive ketones (excluding diaryl/α,β-unsaturated/α-hetero) is 1. The lowest BCUT2D eigenvalue weighted by molar-refractivity contribution is -0.167. The van der Waals surface area contributed by atoms with Gasteiger partial charge in [0.1, 0.15) is 0 Å². The lowest BCUT2D eigenvalue weighted by Gasteiger charge is -2.29. The van der Waals surface area contributed by atoms with E-state index in [0.717, 1.165) is 31.7 Å². The van der Waals surface area contributed by atoms with E-state index in [1.54, 1.807) is 38.1 Å². The van der Waals surface area contributed by atoms with Crippen molar-refractivity contribution in [2.45, 2.75) is 71.8 Å². The molecule has 0 fully saturated rings. The van der Waals surface area contributed by atoms with Crippen molar-refractivity contribution >= 4 is 23.6 Å². The molecule has 0 aromatic heterocycles. The van der Waals surface area contributed by atoms with Crippen LogP contribution in [0.5, 0.6) is 0 Å². The Morgan fingerprint density at radius 3 is 2.00 bits per heavy atom. The molecule has 1 amide bonds. The smallest absolute Gasteiger partial charge is 0.344 e. The second-order valence-electron chi connectivity index (χ2n) is 7.32. The molecule has 1 N–H and O–H groups in total. The summed E-state index contributed by atoms with van der Waals surface area (Å²) in [5, 5.41) is 2.29. The Hall–Kier alpha value is -3.14. The van der Waals surface area contributed by atoms with E-state index in [4.69, 9.17) is 9.47 Å². The summed E-state index contributed by atoms with van der Waals surface area (Å²) >= 11 is 0. The van der Waals surface area contributed by atoms with Crippen molar-refractivity contribution in [3.63, 3.8) is 0 Å². The monoisotopic (exact) mass is 443 g/mol. The number of esters is 2. The Kier molecular flexibility index (Phi) is 11.8. The van der Waals surface area contributed by atoms with Crippen LogP contribution in [0.1, 0.15) is 82.1 Å². The number of amides is 1. The van der Waals surface area contributed by atoms with Crippen LogP contribution in [0.3, 0.4) is 0 Å². The minimum absolute atomic E-state index is 0.0282. The second-order valence-corrected chi connectivity index (χ2v) is 7.32. The number of nitrogens with one attached hydrogen (secondary N) is 1. The lowest BCUT2D eigenvalue weighted by atomic mass is 9.89. The van der Waals surface area contributed by atoms with Gasteiger partial charge in [0.15, 0.2) is 5.78 Å². The first-order valence-corrected chi connectivity index (χ1v) is 11.1. The number of benzene rings is 1. The van der Waals surface area contributed by atoms with E-state index in [1.807, 2.05) is 0 Å². The third kappa shape index (κ3) is 8.18. The molecule has 0 atom stereocenters. The maximum Gasteiger partial charge on any atom is 0.344 e. The van der Waals surface area contributed by atoms with Gasteiger partial charge in [-0.05, 0) is 32.4 Å². The van der Waals surface area contributed by atoms with Crippen LogP contribution in [-0.2, 0) is 23.9 Å². The van der Waals surface area contributed by atoms with Crippen molar-refractivity contribution in [3.8, 4) is 11.8 Å². The third-order valence-corrected chi connectivity index (χ3v) is 4.66. The van der Waals surface area contributed by atoms with Crippen molar-refractivity contribution in [2.75, 3.05) is 13.2 Å². The second kappa shape index (κ2) is 14.0. The van der Waals surface area contributed by atoms with Gasteiger partial charge < -0.3 is 14.8 Å². The van der Waals surface area contributed by atoms with E-state index in [9.17, 15) is 19.2 Å². The number of unbranched alkanes of at least 4 members (excludes halogenated alkanes) is 4. The van der Waals surface area contributed by atoms with Gasteiger partial charge in [0, 0.05) is 24.5 Å². The van der Waals surface area contributed by atoms with Crippen LogP contribution in [0, 0.1) is 11.8 Å². The van der Waals surface area contributed by atoms with Gasteiger partial charge in [-0.1, -0.05) is 50.2 Å². The number of hydrogen-bond donors (Lipinski definition) is 1. The van der Waals surface area contributed by atoms with Gasteiger partial charge in [-0.3, -0.25) is 9.59 Å². The number of hydrogen-bond acceptors (Lipinski definition) is 6. The molecular formula is C25H33NO6. The van der Waals surface area contributed by atoms with E-state index < -0.39 is 35.6 Å². The van der Waals surface area contributed by atoms with Gasteiger partial charge >= 0.3 is 11.9 Å². The molecule has 1 aromatic carbocycles. The molecule has 1 aromatic rings. The van der Waals surface area contributed by atoms with Crippen molar-refractivity contribution in [3.05, 3.63) is 35.4 Å². The number of carbonyl (C=O) groups excluding carboxylic acids is 4. The zero-order valence-corrected chi connectivity index (χ0v) is 19.4. The van der Waals surface area contributed by atoms with E-state index in [1.165, 1.54) is 12.8 Å². The molecule has 1 rings (SSSR count). The van der Waals surface area contributed by atoms with Crippen LogP contribution in [0.4, 0.5) is 0 Å². The quantitative estimate of drug-likeness (QED) is 0.174. The highest BCUT2D eigenvalue weighted by Gasteiger charge is 2.51. The topological polar surface area (TPSA) is 98.8 Å². The molecule has 0 aliphatic carbocycles. The van der Waals surface area contributed by atoms with Crippen LogP contribution >= 0.6 is 0 Å². The lowest BCUT2D eigenvalue weighted by Crippen LogP contribution is -2.62. The standard InChI is InChI=1S/C25H33NO6/c1-5-8-9-10-11-12-13-20-14-16-21(17-15-20)22(28)18-25(26-19(4)27,23(29)31-6-2)24(30)32-7-3/h14-17H,5-11,18H2,1-4H3,(H,26,27). The number of ether oxygens (including phenoxy) is 2. The molecular weight excluding hydrogens is 410 g/mol. The molecule has 0 radical (unpaired) electrons. The molecule has 0 spiro atoms. The van der Waals surface area contributed by atoms with Gasteiger partial charge in [0.25, 0.3) is 0 Å². The maximum absolute atomic E-state index is 12.9. The highest BCUT2D eigenvalue weighted by atomic mass is 16.6. The summed E-state index contributed by atoms with van der Waals surface area (Å²) in [6, 6.07) is 6.58. The zero-order chi connectivity index (χ0) is 24.0. The summed E-state index contributed by atoms with van der Waals surface area (Å²) in [5.74, 6) is 2.94. The van der Waals surface area contributed by atoms with Crippen LogP contribution < -0.4 is 5.32 Å². The summed E-state index contributed by atoms with van der Waals surface area (Å²) in [7, 11) is 0. The predicted molar refractivity (Wildman–Crippen MR) is 121 cm³/mol. The van der Waals surface area contributed by atoms with Gasteiger partial charge in [0.2, 0.25) is 11.4 Å². The average molecular weight is 444 g/mol. The van der Waals surface area contributed by atoms with Crippen molar-refractivity contribution < 1.29 is 28.7 Å². The summed E-state index contributed by atoms with van der Waals surface area (Å²) < 4.78 is 9.97. The summed E-state index contributed by atoms with van der Waals surface area (Å²) in [4.78, 5) is 50.0. The van der Waals surface area contributed by atoms with Crippen molar-refractivity contribution in [2.24, 2.45) is 0 Å². The van der Waals surface area contributed by atoms with Crippen LogP contribution in [0.2, 0.25) is 0 Å². The summed E-state index contributed by atoms with van der Waals surface area (Å²) in [6.45, 7) is 6.38. The highest BCUT2D eigenvalue weighted by Crippen LogP contribution is 2.20. The minimum Gasteiger partial charge on any atom is -0.464 e. The fourth-order valence-corrected chi connectivity index (χ4v) is 3.07. The normalized spacial score (nSPS) is 10.5. The molecule has 0 aliphatic heterocycles. The Morgan fingerprint density at radius 1 is 0.906 bits per heavy atom. The molecule has 7 nitrogen and oxygen atoms in total. The third-order valence-electron chi connectivity index (χ3n) is 4.66. The van der Waals surface area contributed by atoms with Crippen molar-refractivity contribution in [1.82, 2.24) is 5.32 Å². The fraction of sp³-hybridized carbons (Fsp3) is 0.520. The maximum atomic E-state index is 12.9. The first-order valence-electron chi connectivity index (χ1n) is 11.1. The van der Waals surface area contributed by atoms with Crippen LogP contribution in [-0.4, -0.2) is 42.4 Å². The van der Waals surface area contributed by atoms with E-state index in [-0.39, 0.29) is 18.8 Å². The summed E-state index contributed by atoms with van der Waals surface area (Å²) in [5.41, 5.74) is -1.20. The van der Waals surface area contributed by atoms with E-state index in [0.29, 0.717) is 0 Å². The van der Waals surface area contributed by atoms with Crippen LogP contribution in [0.25, 0.3) is 0 Å². The molecule has 174 valence electrons. The Labute approximate surface area is 190 Å².